The van der Waals surface area contributed by atoms with Crippen molar-refractivity contribution in [3.8, 4) is 0 Å². The molecule has 0 aromatic carbocycles. The van der Waals surface area contributed by atoms with Crippen LogP contribution in [0.3, 0.4) is 0 Å². The Bertz CT molecular complexity index is 275. The fourth-order valence-corrected chi connectivity index (χ4v) is 1.99. The third-order valence-electron chi connectivity index (χ3n) is 3.12. The zero-order chi connectivity index (χ0) is 13.4. The summed E-state index contributed by atoms with van der Waals surface area (Å²) in [6.07, 6.45) is 0.835. The summed E-state index contributed by atoms with van der Waals surface area (Å²) in [5.74, 6) is -0.769. The van der Waals surface area contributed by atoms with Crippen LogP contribution >= 0.6 is 0 Å². The first kappa shape index (κ1) is 14.9. The lowest BCUT2D eigenvalue weighted by Gasteiger charge is -2.34. The monoisotopic (exact) mass is 258 g/mol. The highest BCUT2D eigenvalue weighted by atomic mass is 16.5. The predicted molar refractivity (Wildman–Crippen MR) is 66.4 cm³/mol. The number of ether oxygens (including phenoxy) is 1. The molecule has 1 aliphatic heterocycles. The van der Waals surface area contributed by atoms with Crippen molar-refractivity contribution < 1.29 is 19.4 Å². The van der Waals surface area contributed by atoms with Crippen LogP contribution in [-0.2, 0) is 14.3 Å². The van der Waals surface area contributed by atoms with Crippen molar-refractivity contribution in [3.63, 3.8) is 0 Å². The molecule has 0 radical (unpaired) electrons. The van der Waals surface area contributed by atoms with Crippen molar-refractivity contribution in [2.75, 3.05) is 46.4 Å². The van der Waals surface area contributed by atoms with Gasteiger partial charge in [-0.05, 0) is 6.42 Å². The molecule has 0 unspecified atom stereocenters. The number of carboxylic acids is 1. The molecule has 1 aliphatic rings. The summed E-state index contributed by atoms with van der Waals surface area (Å²) >= 11 is 0. The van der Waals surface area contributed by atoms with E-state index >= 15 is 0 Å². The number of amides is 1. The molecule has 1 N–H and O–H groups in total. The maximum Gasteiger partial charge on any atom is 0.303 e. The van der Waals surface area contributed by atoms with E-state index in [-0.39, 0.29) is 12.3 Å². The number of piperazine rings is 1. The Morgan fingerprint density at radius 1 is 1.17 bits per heavy atom. The lowest BCUT2D eigenvalue weighted by Crippen LogP contribution is -2.49. The first-order valence-corrected chi connectivity index (χ1v) is 6.34. The van der Waals surface area contributed by atoms with Crippen LogP contribution in [0.2, 0.25) is 0 Å². The topological polar surface area (TPSA) is 70.1 Å². The van der Waals surface area contributed by atoms with Gasteiger partial charge in [0.1, 0.15) is 0 Å². The molecule has 0 aromatic rings. The smallest absolute Gasteiger partial charge is 0.303 e. The van der Waals surface area contributed by atoms with Gasteiger partial charge in [-0.2, -0.15) is 0 Å². The van der Waals surface area contributed by atoms with E-state index in [9.17, 15) is 9.59 Å². The quantitative estimate of drug-likeness (QED) is 0.698. The van der Waals surface area contributed by atoms with Crippen LogP contribution in [0.25, 0.3) is 0 Å². The van der Waals surface area contributed by atoms with Gasteiger partial charge in [-0.15, -0.1) is 0 Å². The first-order valence-electron chi connectivity index (χ1n) is 6.34. The Morgan fingerprint density at radius 2 is 1.83 bits per heavy atom. The zero-order valence-electron chi connectivity index (χ0n) is 10.9. The van der Waals surface area contributed by atoms with E-state index in [1.165, 1.54) is 0 Å². The Labute approximate surface area is 107 Å². The normalized spacial score (nSPS) is 16.8. The van der Waals surface area contributed by atoms with E-state index in [1.54, 1.807) is 7.11 Å². The third kappa shape index (κ3) is 5.46. The fraction of sp³-hybridized carbons (Fsp3) is 0.833. The van der Waals surface area contributed by atoms with Gasteiger partial charge in [0.25, 0.3) is 0 Å². The maximum absolute atomic E-state index is 11.8. The van der Waals surface area contributed by atoms with Crippen molar-refractivity contribution in [1.29, 1.82) is 0 Å². The van der Waals surface area contributed by atoms with Crippen LogP contribution in [0.4, 0.5) is 0 Å². The van der Waals surface area contributed by atoms with Crippen molar-refractivity contribution in [1.82, 2.24) is 9.80 Å². The summed E-state index contributed by atoms with van der Waals surface area (Å²) in [4.78, 5) is 26.2. The molecular formula is C12H22N2O4. The zero-order valence-corrected chi connectivity index (χ0v) is 10.9. The molecule has 0 bridgehead atoms. The molecule has 1 fully saturated rings. The lowest BCUT2D eigenvalue weighted by molar-refractivity contribution is -0.137. The van der Waals surface area contributed by atoms with Gasteiger partial charge in [0, 0.05) is 52.7 Å². The van der Waals surface area contributed by atoms with Crippen molar-refractivity contribution in [2.24, 2.45) is 0 Å². The molecule has 1 amide bonds. The van der Waals surface area contributed by atoms with Gasteiger partial charge in [0.05, 0.1) is 6.61 Å². The average molecular weight is 258 g/mol. The SMILES string of the molecule is COCCN1CCN(C(=O)CCCC(=O)O)CC1. The molecule has 0 spiro atoms. The second-order valence-corrected chi connectivity index (χ2v) is 4.46. The molecular weight excluding hydrogens is 236 g/mol. The summed E-state index contributed by atoms with van der Waals surface area (Å²) in [6.45, 7) is 4.82. The van der Waals surface area contributed by atoms with E-state index in [0.717, 1.165) is 32.7 Å². The summed E-state index contributed by atoms with van der Waals surface area (Å²) in [5, 5.41) is 8.51. The minimum atomic E-state index is -0.841. The molecule has 104 valence electrons. The maximum atomic E-state index is 11.8. The van der Waals surface area contributed by atoms with Crippen LogP contribution in [0.5, 0.6) is 0 Å². The Hall–Kier alpha value is -1.14. The summed E-state index contributed by atoms with van der Waals surface area (Å²) in [5.41, 5.74) is 0. The number of carboxylic acid groups (broad SMARTS) is 1. The Balaban J connectivity index is 2.17. The highest BCUT2D eigenvalue weighted by Gasteiger charge is 2.20. The van der Waals surface area contributed by atoms with E-state index in [2.05, 4.69) is 4.90 Å². The van der Waals surface area contributed by atoms with Crippen molar-refractivity contribution in [2.45, 2.75) is 19.3 Å². The van der Waals surface area contributed by atoms with Gasteiger partial charge in [0.15, 0.2) is 0 Å². The van der Waals surface area contributed by atoms with Crippen molar-refractivity contribution >= 4 is 11.9 Å². The highest BCUT2D eigenvalue weighted by molar-refractivity contribution is 5.77. The Kier molecular flexibility index (Phi) is 6.67. The molecule has 0 aromatic heterocycles. The molecule has 1 rings (SSSR count). The summed E-state index contributed by atoms with van der Waals surface area (Å²) in [7, 11) is 1.68. The van der Waals surface area contributed by atoms with E-state index in [0.29, 0.717) is 19.4 Å². The van der Waals surface area contributed by atoms with E-state index < -0.39 is 5.97 Å². The fourth-order valence-electron chi connectivity index (χ4n) is 1.99. The number of nitrogens with zero attached hydrogens (tertiary/aromatic N) is 2. The average Bonchev–Trinajstić information content (AvgIpc) is 2.36. The number of hydrogen-bond acceptors (Lipinski definition) is 4. The third-order valence-corrected chi connectivity index (χ3v) is 3.12. The molecule has 0 saturated carbocycles. The molecule has 1 saturated heterocycles. The van der Waals surface area contributed by atoms with Gasteiger partial charge in [-0.25, -0.2) is 0 Å². The highest BCUT2D eigenvalue weighted by Crippen LogP contribution is 2.06. The number of carbonyl (C=O) groups excluding carboxylic acids is 1. The van der Waals surface area contributed by atoms with E-state index in [1.807, 2.05) is 4.90 Å². The number of methoxy groups -OCH3 is 1. The minimum Gasteiger partial charge on any atom is -0.481 e. The predicted octanol–water partition coefficient (Wildman–Crippen LogP) is 0.0319. The molecule has 6 nitrogen and oxygen atoms in total. The van der Waals surface area contributed by atoms with Gasteiger partial charge in [-0.3, -0.25) is 14.5 Å². The molecule has 0 atom stereocenters. The second kappa shape index (κ2) is 8.05. The standard InChI is InChI=1S/C12H22N2O4/c1-18-10-9-13-5-7-14(8-6-13)11(15)3-2-4-12(16)17/h2-10H2,1H3,(H,16,17). The summed E-state index contributed by atoms with van der Waals surface area (Å²) < 4.78 is 5.02. The number of rotatable bonds is 7. The number of hydrogen-bond donors (Lipinski definition) is 1. The lowest BCUT2D eigenvalue weighted by atomic mass is 10.2. The van der Waals surface area contributed by atoms with Crippen LogP contribution in [-0.4, -0.2) is 73.2 Å². The van der Waals surface area contributed by atoms with E-state index in [4.69, 9.17) is 9.84 Å². The number of carbonyl (C=O) groups is 2. The van der Waals surface area contributed by atoms with Gasteiger partial charge < -0.3 is 14.7 Å². The van der Waals surface area contributed by atoms with Crippen molar-refractivity contribution in [3.05, 3.63) is 0 Å². The van der Waals surface area contributed by atoms with Crippen LogP contribution in [0.15, 0.2) is 0 Å². The van der Waals surface area contributed by atoms with Gasteiger partial charge in [0.2, 0.25) is 5.91 Å². The van der Waals surface area contributed by atoms with Crippen LogP contribution < -0.4 is 0 Å². The largest absolute Gasteiger partial charge is 0.481 e. The molecule has 6 heteroatoms. The Morgan fingerprint density at radius 3 is 2.39 bits per heavy atom. The second-order valence-electron chi connectivity index (χ2n) is 4.46. The number of aliphatic carboxylic acids is 1. The molecule has 0 aliphatic carbocycles. The van der Waals surface area contributed by atoms with Gasteiger partial charge in [-0.1, -0.05) is 0 Å². The summed E-state index contributed by atoms with van der Waals surface area (Å²) in [6, 6.07) is 0. The molecule has 18 heavy (non-hydrogen) atoms. The van der Waals surface area contributed by atoms with Crippen LogP contribution in [0, 0.1) is 0 Å². The molecule has 1 heterocycles. The minimum absolute atomic E-state index is 0.0690. The first-order chi connectivity index (χ1) is 8.63. The van der Waals surface area contributed by atoms with Crippen LogP contribution in [0.1, 0.15) is 19.3 Å². The van der Waals surface area contributed by atoms with Gasteiger partial charge >= 0.3 is 5.97 Å².